The Hall–Kier alpha value is -1.97. The average Bonchev–Trinajstić information content (AvgIpc) is 3.32. The summed E-state index contributed by atoms with van der Waals surface area (Å²) in [5.41, 5.74) is 0.0953. The van der Waals surface area contributed by atoms with Gasteiger partial charge in [0.15, 0.2) is 6.61 Å². The number of nitrogens with zero attached hydrogens (tertiary/aromatic N) is 2. The second-order valence-corrected chi connectivity index (χ2v) is 9.42. The fourth-order valence-electron chi connectivity index (χ4n) is 2.82. The van der Waals surface area contributed by atoms with Gasteiger partial charge in [-0.2, -0.15) is 4.31 Å². The van der Waals surface area contributed by atoms with Gasteiger partial charge in [-0.05, 0) is 38.0 Å². The minimum atomic E-state index is -3.61. The van der Waals surface area contributed by atoms with Gasteiger partial charge in [-0.15, -0.1) is 11.3 Å². The standard InChI is InChI=1S/C17H20N2O5S2/c1-12-5-6-16(25-12)15(20)11-24-17(21)14-9-13(10-18(14)2)26(22,23)19-7-3-4-8-19/h5-6,9-10H,3-4,7-8,11H2,1-2H3. The van der Waals surface area contributed by atoms with E-state index in [1.165, 1.54) is 32.5 Å². The summed E-state index contributed by atoms with van der Waals surface area (Å²) in [7, 11) is -2.03. The summed E-state index contributed by atoms with van der Waals surface area (Å²) < 4.78 is 33.1. The number of sulfonamides is 1. The van der Waals surface area contributed by atoms with Crippen molar-refractivity contribution in [3.8, 4) is 0 Å². The number of ether oxygens (including phenoxy) is 1. The SMILES string of the molecule is Cc1ccc(C(=O)COC(=O)c2cc(S(=O)(=O)N3CCCC3)cn2C)s1. The molecule has 0 spiro atoms. The minimum Gasteiger partial charge on any atom is -0.453 e. The summed E-state index contributed by atoms with van der Waals surface area (Å²) in [5.74, 6) is -1.01. The molecule has 2 aromatic heterocycles. The van der Waals surface area contributed by atoms with Crippen molar-refractivity contribution in [1.29, 1.82) is 0 Å². The molecule has 1 aliphatic heterocycles. The summed E-state index contributed by atoms with van der Waals surface area (Å²) in [5, 5.41) is 0. The van der Waals surface area contributed by atoms with Gasteiger partial charge >= 0.3 is 5.97 Å². The summed E-state index contributed by atoms with van der Waals surface area (Å²) >= 11 is 1.34. The lowest BCUT2D eigenvalue weighted by molar-refractivity contribution is 0.0466. The van der Waals surface area contributed by atoms with Crippen molar-refractivity contribution in [2.75, 3.05) is 19.7 Å². The van der Waals surface area contributed by atoms with Crippen LogP contribution in [-0.2, 0) is 21.8 Å². The molecule has 0 aromatic carbocycles. The van der Waals surface area contributed by atoms with Gasteiger partial charge in [-0.3, -0.25) is 4.79 Å². The van der Waals surface area contributed by atoms with Gasteiger partial charge in [-0.25, -0.2) is 13.2 Å². The number of hydrogen-bond donors (Lipinski definition) is 0. The van der Waals surface area contributed by atoms with E-state index < -0.39 is 16.0 Å². The molecule has 1 saturated heterocycles. The Labute approximate surface area is 156 Å². The lowest BCUT2D eigenvalue weighted by Crippen LogP contribution is -2.27. The van der Waals surface area contributed by atoms with E-state index >= 15 is 0 Å². The Morgan fingerprint density at radius 3 is 2.54 bits per heavy atom. The maximum Gasteiger partial charge on any atom is 0.355 e. The molecule has 0 N–H and O–H groups in total. The highest BCUT2D eigenvalue weighted by molar-refractivity contribution is 7.89. The Balaban J connectivity index is 1.70. The summed E-state index contributed by atoms with van der Waals surface area (Å²) in [4.78, 5) is 25.9. The predicted octanol–water partition coefficient (Wildman–Crippen LogP) is 2.22. The third kappa shape index (κ3) is 3.74. The third-order valence-electron chi connectivity index (χ3n) is 4.24. The fraction of sp³-hybridized carbons (Fsp3) is 0.412. The van der Waals surface area contributed by atoms with Crippen molar-refractivity contribution in [3.05, 3.63) is 39.8 Å². The Morgan fingerprint density at radius 2 is 1.92 bits per heavy atom. The van der Waals surface area contributed by atoms with Gasteiger partial charge < -0.3 is 9.30 Å². The number of ketones is 1. The molecule has 7 nitrogen and oxygen atoms in total. The van der Waals surface area contributed by atoms with Gasteiger partial charge in [0.1, 0.15) is 10.6 Å². The van der Waals surface area contributed by atoms with E-state index in [-0.39, 0.29) is 23.0 Å². The quantitative estimate of drug-likeness (QED) is 0.552. The number of aryl methyl sites for hydroxylation is 2. The molecule has 0 bridgehead atoms. The van der Waals surface area contributed by atoms with Crippen LogP contribution in [0.1, 0.15) is 37.9 Å². The molecular formula is C17H20N2O5S2. The molecule has 0 radical (unpaired) electrons. The smallest absolute Gasteiger partial charge is 0.355 e. The molecule has 1 aliphatic rings. The van der Waals surface area contributed by atoms with E-state index in [9.17, 15) is 18.0 Å². The first-order chi connectivity index (χ1) is 12.3. The van der Waals surface area contributed by atoms with Gasteiger partial charge in [0.2, 0.25) is 15.8 Å². The molecule has 3 heterocycles. The van der Waals surface area contributed by atoms with Gasteiger partial charge in [0.05, 0.1) is 4.88 Å². The monoisotopic (exact) mass is 396 g/mol. The van der Waals surface area contributed by atoms with Crippen molar-refractivity contribution in [1.82, 2.24) is 8.87 Å². The number of carbonyl (C=O) groups excluding carboxylic acids is 2. The first kappa shape index (κ1) is 18.8. The number of thiophene rings is 1. The van der Waals surface area contributed by atoms with Crippen LogP contribution >= 0.6 is 11.3 Å². The van der Waals surface area contributed by atoms with E-state index in [0.29, 0.717) is 18.0 Å². The zero-order chi connectivity index (χ0) is 18.9. The second kappa shape index (κ2) is 7.34. The van der Waals surface area contributed by atoms with Crippen molar-refractivity contribution < 1.29 is 22.7 Å². The van der Waals surface area contributed by atoms with Crippen LogP contribution in [-0.4, -0.2) is 48.7 Å². The van der Waals surface area contributed by atoms with Crippen LogP contribution in [0.3, 0.4) is 0 Å². The Morgan fingerprint density at radius 1 is 1.23 bits per heavy atom. The number of Topliss-reactive ketones (excluding diaryl/α,β-unsaturated/α-hetero) is 1. The zero-order valence-electron chi connectivity index (χ0n) is 14.6. The largest absolute Gasteiger partial charge is 0.453 e. The topological polar surface area (TPSA) is 85.7 Å². The maximum atomic E-state index is 12.6. The van der Waals surface area contributed by atoms with Crippen molar-refractivity contribution in [2.24, 2.45) is 7.05 Å². The number of carbonyl (C=O) groups is 2. The van der Waals surface area contributed by atoms with Crippen molar-refractivity contribution >= 4 is 33.1 Å². The molecule has 2 aromatic rings. The summed E-state index contributed by atoms with van der Waals surface area (Å²) in [6, 6.07) is 4.82. The van der Waals surface area contributed by atoms with Crippen LogP contribution in [0.5, 0.6) is 0 Å². The molecular weight excluding hydrogens is 376 g/mol. The number of rotatable bonds is 6. The predicted molar refractivity (Wildman–Crippen MR) is 97.1 cm³/mol. The lowest BCUT2D eigenvalue weighted by Gasteiger charge is -2.13. The van der Waals surface area contributed by atoms with Crippen LogP contribution in [0.15, 0.2) is 29.3 Å². The highest BCUT2D eigenvalue weighted by atomic mass is 32.2. The molecule has 0 atom stereocenters. The van der Waals surface area contributed by atoms with Crippen LogP contribution in [0.25, 0.3) is 0 Å². The lowest BCUT2D eigenvalue weighted by atomic mass is 10.3. The normalized spacial score (nSPS) is 15.3. The first-order valence-electron chi connectivity index (χ1n) is 8.22. The van der Waals surface area contributed by atoms with Crippen molar-refractivity contribution in [2.45, 2.75) is 24.7 Å². The van der Waals surface area contributed by atoms with E-state index in [4.69, 9.17) is 4.74 Å². The third-order valence-corrected chi connectivity index (χ3v) is 7.15. The fourth-order valence-corrected chi connectivity index (χ4v) is 5.20. The van der Waals surface area contributed by atoms with E-state index in [2.05, 4.69) is 0 Å². The van der Waals surface area contributed by atoms with E-state index in [1.807, 2.05) is 13.0 Å². The highest BCUT2D eigenvalue weighted by Gasteiger charge is 2.29. The number of hydrogen-bond acceptors (Lipinski definition) is 6. The molecule has 3 rings (SSSR count). The highest BCUT2D eigenvalue weighted by Crippen LogP contribution is 2.23. The van der Waals surface area contributed by atoms with Crippen LogP contribution in [0.2, 0.25) is 0 Å². The molecule has 0 aliphatic carbocycles. The van der Waals surface area contributed by atoms with Crippen LogP contribution in [0, 0.1) is 6.92 Å². The summed E-state index contributed by atoms with van der Waals surface area (Å²) in [6.07, 6.45) is 3.07. The Bertz CT molecular complexity index is 936. The molecule has 140 valence electrons. The molecule has 0 saturated carbocycles. The summed E-state index contributed by atoms with van der Waals surface area (Å²) in [6.45, 7) is 2.50. The molecule has 0 unspecified atom stereocenters. The zero-order valence-corrected chi connectivity index (χ0v) is 16.2. The van der Waals surface area contributed by atoms with Gasteiger partial charge in [-0.1, -0.05) is 0 Å². The molecule has 9 heteroatoms. The maximum absolute atomic E-state index is 12.6. The molecule has 26 heavy (non-hydrogen) atoms. The van der Waals surface area contributed by atoms with Crippen LogP contribution in [0.4, 0.5) is 0 Å². The van der Waals surface area contributed by atoms with Crippen LogP contribution < -0.4 is 0 Å². The van der Waals surface area contributed by atoms with E-state index in [0.717, 1.165) is 17.7 Å². The first-order valence-corrected chi connectivity index (χ1v) is 10.5. The van der Waals surface area contributed by atoms with E-state index in [1.54, 1.807) is 13.1 Å². The molecule has 0 amide bonds. The average molecular weight is 396 g/mol. The minimum absolute atomic E-state index is 0.0639. The van der Waals surface area contributed by atoms with Crippen molar-refractivity contribution in [3.63, 3.8) is 0 Å². The van der Waals surface area contributed by atoms with Gasteiger partial charge in [0, 0.05) is 31.2 Å². The molecule has 1 fully saturated rings. The second-order valence-electron chi connectivity index (χ2n) is 6.19. The van der Waals surface area contributed by atoms with Gasteiger partial charge in [0.25, 0.3) is 0 Å². The number of esters is 1. The Kier molecular flexibility index (Phi) is 5.31. The number of aromatic nitrogens is 1.